The van der Waals surface area contributed by atoms with E-state index in [4.69, 9.17) is 5.21 Å². The molecule has 0 saturated heterocycles. The van der Waals surface area contributed by atoms with Gasteiger partial charge in [0.05, 0.1) is 11.8 Å². The predicted octanol–water partition coefficient (Wildman–Crippen LogP) is 5.25. The van der Waals surface area contributed by atoms with Crippen molar-refractivity contribution >= 4 is 5.71 Å². The Morgan fingerprint density at radius 3 is 2.44 bits per heavy atom. The normalized spacial score (nSPS) is 53.0. The Balaban J connectivity index is 1.56. The fourth-order valence-electron chi connectivity index (χ4n) is 8.08. The topological polar surface area (TPSA) is 52.8 Å². The Morgan fingerprint density at radius 1 is 0.960 bits per heavy atom. The Hall–Kier alpha value is -0.570. The Morgan fingerprint density at radius 2 is 1.68 bits per heavy atom. The van der Waals surface area contributed by atoms with E-state index in [2.05, 4.69) is 19.0 Å². The number of nitrogens with zero attached hydrogens (tertiary/aromatic N) is 1. The van der Waals surface area contributed by atoms with Crippen LogP contribution in [0.3, 0.4) is 0 Å². The van der Waals surface area contributed by atoms with Crippen LogP contribution in [-0.4, -0.2) is 22.1 Å². The number of hydrogen-bond acceptors (Lipinski definition) is 3. The molecule has 4 fully saturated rings. The van der Waals surface area contributed by atoms with Gasteiger partial charge in [-0.15, -0.1) is 0 Å². The van der Waals surface area contributed by atoms with Crippen molar-refractivity contribution < 1.29 is 10.3 Å². The molecule has 2 N–H and O–H groups in total. The van der Waals surface area contributed by atoms with E-state index in [1.807, 2.05) is 6.92 Å². The first-order valence-corrected chi connectivity index (χ1v) is 10.7. The maximum Gasteiger partial charge on any atom is 0.0543 e. The third-order valence-electron chi connectivity index (χ3n) is 9.55. The molecule has 25 heavy (non-hydrogen) atoms. The molecule has 0 bridgehead atoms. The van der Waals surface area contributed by atoms with Crippen LogP contribution in [0.25, 0.3) is 0 Å². The zero-order valence-electron chi connectivity index (χ0n) is 16.4. The highest BCUT2D eigenvalue weighted by molar-refractivity contribution is 5.81. The molecule has 4 aliphatic rings. The average Bonchev–Trinajstić information content (AvgIpc) is 2.92. The van der Waals surface area contributed by atoms with E-state index < -0.39 is 0 Å². The first-order valence-electron chi connectivity index (χ1n) is 10.7. The van der Waals surface area contributed by atoms with Crippen LogP contribution in [-0.2, 0) is 0 Å². The van der Waals surface area contributed by atoms with E-state index in [9.17, 15) is 5.11 Å². The summed E-state index contributed by atoms with van der Waals surface area (Å²) in [6.45, 7) is 7.09. The molecule has 0 radical (unpaired) electrons. The van der Waals surface area contributed by atoms with Crippen LogP contribution in [0.15, 0.2) is 5.16 Å². The third kappa shape index (κ3) is 2.67. The van der Waals surface area contributed by atoms with E-state index in [0.717, 1.165) is 48.6 Å². The first-order chi connectivity index (χ1) is 11.9. The number of hydrogen-bond donors (Lipinski definition) is 2. The van der Waals surface area contributed by atoms with Gasteiger partial charge in [-0.25, -0.2) is 0 Å². The molecule has 0 aromatic rings. The molecule has 142 valence electrons. The lowest BCUT2D eigenvalue weighted by atomic mass is 9.44. The van der Waals surface area contributed by atoms with Gasteiger partial charge in [0.25, 0.3) is 0 Å². The number of aliphatic hydroxyl groups is 1. The van der Waals surface area contributed by atoms with Crippen molar-refractivity contribution in [3.63, 3.8) is 0 Å². The lowest BCUT2D eigenvalue weighted by molar-refractivity contribution is -0.126. The van der Waals surface area contributed by atoms with Gasteiger partial charge in [-0.1, -0.05) is 19.0 Å². The molecule has 0 aromatic heterocycles. The number of rotatable bonds is 2. The zero-order valence-corrected chi connectivity index (χ0v) is 16.4. The molecular formula is C22H37NO2. The molecular weight excluding hydrogens is 310 g/mol. The van der Waals surface area contributed by atoms with Crippen molar-refractivity contribution in [1.29, 1.82) is 0 Å². The maximum atomic E-state index is 10.2. The first kappa shape index (κ1) is 17.8. The number of oxime groups is 1. The number of aliphatic hydroxyl groups excluding tert-OH is 1. The van der Waals surface area contributed by atoms with Crippen LogP contribution in [0.2, 0.25) is 0 Å². The standard InChI is InChI=1S/C22H37NO2/c1-14(23-25)12-15-5-7-19-18-6-4-16-13-17(24)8-10-21(16,2)20(18)9-11-22(15,19)3/h15-20,24-25H,4-13H2,1-3H3/t15?,16?,17?,18-,19-,20+,21-,22+/m0/s1. The maximum absolute atomic E-state index is 10.2. The second-order valence-electron chi connectivity index (χ2n) is 10.4. The largest absolute Gasteiger partial charge is 0.411 e. The highest BCUT2D eigenvalue weighted by atomic mass is 16.4. The monoisotopic (exact) mass is 347 g/mol. The molecule has 4 rings (SSSR count). The van der Waals surface area contributed by atoms with Gasteiger partial charge in [-0.3, -0.25) is 0 Å². The van der Waals surface area contributed by atoms with E-state index >= 15 is 0 Å². The summed E-state index contributed by atoms with van der Waals surface area (Å²) in [4.78, 5) is 0. The van der Waals surface area contributed by atoms with Crippen molar-refractivity contribution in [2.75, 3.05) is 0 Å². The minimum absolute atomic E-state index is 0.0416. The number of fused-ring (bicyclic) bond motifs is 5. The quantitative estimate of drug-likeness (QED) is 0.407. The molecule has 3 unspecified atom stereocenters. The second kappa shape index (κ2) is 6.25. The highest BCUT2D eigenvalue weighted by Crippen LogP contribution is 2.67. The van der Waals surface area contributed by atoms with Crippen molar-refractivity contribution in [3.05, 3.63) is 0 Å². The molecule has 3 nitrogen and oxygen atoms in total. The van der Waals surface area contributed by atoms with Crippen molar-refractivity contribution in [1.82, 2.24) is 0 Å². The minimum atomic E-state index is -0.0416. The summed E-state index contributed by atoms with van der Waals surface area (Å²) in [5.74, 6) is 4.10. The second-order valence-corrected chi connectivity index (χ2v) is 10.4. The van der Waals surface area contributed by atoms with Gasteiger partial charge < -0.3 is 10.3 Å². The minimum Gasteiger partial charge on any atom is -0.411 e. The van der Waals surface area contributed by atoms with Gasteiger partial charge in [-0.2, -0.15) is 0 Å². The lowest BCUT2D eigenvalue weighted by Crippen LogP contribution is -2.54. The van der Waals surface area contributed by atoms with Gasteiger partial charge in [0.15, 0.2) is 0 Å². The van der Waals surface area contributed by atoms with Crippen LogP contribution in [0.1, 0.15) is 85.0 Å². The summed E-state index contributed by atoms with van der Waals surface area (Å²) in [5, 5.41) is 22.7. The fraction of sp³-hybridized carbons (Fsp3) is 0.955. The van der Waals surface area contributed by atoms with Crippen LogP contribution < -0.4 is 0 Å². The van der Waals surface area contributed by atoms with E-state index in [1.165, 1.54) is 44.9 Å². The Labute approximate surface area is 153 Å². The molecule has 0 aliphatic heterocycles. The molecule has 4 saturated carbocycles. The van der Waals surface area contributed by atoms with Gasteiger partial charge in [0.1, 0.15) is 0 Å². The van der Waals surface area contributed by atoms with Crippen LogP contribution in [0.4, 0.5) is 0 Å². The van der Waals surface area contributed by atoms with E-state index in [0.29, 0.717) is 16.7 Å². The molecule has 0 amide bonds. The van der Waals surface area contributed by atoms with Gasteiger partial charge in [0.2, 0.25) is 0 Å². The molecule has 4 aliphatic carbocycles. The Kier molecular flexibility index (Phi) is 4.46. The van der Waals surface area contributed by atoms with E-state index in [-0.39, 0.29) is 6.10 Å². The predicted molar refractivity (Wildman–Crippen MR) is 101 cm³/mol. The van der Waals surface area contributed by atoms with Crippen molar-refractivity contribution in [2.24, 2.45) is 45.6 Å². The summed E-state index contributed by atoms with van der Waals surface area (Å²) in [6.07, 6.45) is 12.4. The van der Waals surface area contributed by atoms with Crippen LogP contribution >= 0.6 is 0 Å². The fourth-order valence-corrected chi connectivity index (χ4v) is 8.08. The van der Waals surface area contributed by atoms with E-state index in [1.54, 1.807) is 0 Å². The van der Waals surface area contributed by atoms with Crippen LogP contribution in [0.5, 0.6) is 0 Å². The van der Waals surface area contributed by atoms with Crippen molar-refractivity contribution in [3.8, 4) is 0 Å². The van der Waals surface area contributed by atoms with Gasteiger partial charge >= 0.3 is 0 Å². The third-order valence-corrected chi connectivity index (χ3v) is 9.55. The summed E-state index contributed by atoms with van der Waals surface area (Å²) in [5.41, 5.74) is 1.83. The summed E-state index contributed by atoms with van der Waals surface area (Å²) >= 11 is 0. The zero-order chi connectivity index (χ0) is 17.8. The Bertz CT molecular complexity index is 546. The highest BCUT2D eigenvalue weighted by Gasteiger charge is 2.59. The molecule has 3 heteroatoms. The SMILES string of the molecule is CC(CC1CC[C@H]2[C@@H]3CCC4CC(O)CC[C@]4(C)[C@@H]3CC[C@]12C)=NO. The summed E-state index contributed by atoms with van der Waals surface area (Å²) < 4.78 is 0. The average molecular weight is 348 g/mol. The molecule has 0 spiro atoms. The van der Waals surface area contributed by atoms with Gasteiger partial charge in [-0.05, 0) is 112 Å². The summed E-state index contributed by atoms with van der Waals surface area (Å²) in [7, 11) is 0. The molecule has 8 atom stereocenters. The van der Waals surface area contributed by atoms with Crippen molar-refractivity contribution in [2.45, 2.75) is 91.1 Å². The van der Waals surface area contributed by atoms with Gasteiger partial charge in [0, 0.05) is 0 Å². The smallest absolute Gasteiger partial charge is 0.0543 e. The lowest BCUT2D eigenvalue weighted by Gasteiger charge is -2.61. The molecule has 0 heterocycles. The summed E-state index contributed by atoms with van der Waals surface area (Å²) in [6, 6.07) is 0. The van der Waals surface area contributed by atoms with Crippen LogP contribution in [0, 0.1) is 40.4 Å². The molecule has 0 aromatic carbocycles.